The Balaban J connectivity index is 3.04. The number of aliphatic hydroxyl groups is 1. The van der Waals surface area contributed by atoms with Gasteiger partial charge in [-0.3, -0.25) is 0 Å². The van der Waals surface area contributed by atoms with E-state index in [-0.39, 0.29) is 5.57 Å². The second-order valence-electron chi connectivity index (χ2n) is 3.22. The molecule has 0 aliphatic heterocycles. The monoisotopic (exact) mass is 282 g/mol. The predicted octanol–water partition coefficient (Wildman–Crippen LogP) is 4.08. The highest BCUT2D eigenvalue weighted by atomic mass is 79.9. The number of benzene rings is 1. The molecule has 0 heterocycles. The summed E-state index contributed by atoms with van der Waals surface area (Å²) in [5.74, 6) is -0.657. The van der Waals surface area contributed by atoms with Gasteiger partial charge in [0, 0.05) is 10.0 Å². The van der Waals surface area contributed by atoms with Crippen molar-refractivity contribution in [2.24, 2.45) is 0 Å². The molecular formula is C13H12BrFO. The van der Waals surface area contributed by atoms with E-state index in [1.165, 1.54) is 12.2 Å². The SMILES string of the molecule is C=C/C=C(\C(=C)F)C(O)c1ccc(Br)cc1. The van der Waals surface area contributed by atoms with Gasteiger partial charge >= 0.3 is 0 Å². The van der Waals surface area contributed by atoms with Gasteiger partial charge in [-0.1, -0.05) is 53.4 Å². The van der Waals surface area contributed by atoms with Gasteiger partial charge in [-0.25, -0.2) is 4.39 Å². The van der Waals surface area contributed by atoms with Gasteiger partial charge in [0.2, 0.25) is 0 Å². The zero-order chi connectivity index (χ0) is 12.1. The van der Waals surface area contributed by atoms with Gasteiger partial charge in [0.1, 0.15) is 11.9 Å². The molecule has 84 valence electrons. The number of hydrogen-bond donors (Lipinski definition) is 1. The van der Waals surface area contributed by atoms with Crippen LogP contribution in [0.5, 0.6) is 0 Å². The van der Waals surface area contributed by atoms with E-state index in [0.717, 1.165) is 4.47 Å². The molecule has 1 N–H and O–H groups in total. The van der Waals surface area contributed by atoms with Crippen LogP contribution in [0.2, 0.25) is 0 Å². The van der Waals surface area contributed by atoms with Crippen LogP contribution in [0.3, 0.4) is 0 Å². The molecule has 0 saturated heterocycles. The highest BCUT2D eigenvalue weighted by Crippen LogP contribution is 2.28. The van der Waals surface area contributed by atoms with Crippen molar-refractivity contribution in [3.63, 3.8) is 0 Å². The summed E-state index contributed by atoms with van der Waals surface area (Å²) < 4.78 is 14.0. The van der Waals surface area contributed by atoms with Crippen LogP contribution >= 0.6 is 15.9 Å². The molecule has 1 rings (SSSR count). The van der Waals surface area contributed by atoms with Gasteiger partial charge in [-0.2, -0.15) is 0 Å². The van der Waals surface area contributed by atoms with Gasteiger partial charge in [0.25, 0.3) is 0 Å². The van der Waals surface area contributed by atoms with Crippen molar-refractivity contribution in [1.82, 2.24) is 0 Å². The Labute approximate surface area is 103 Å². The Morgan fingerprint density at radius 2 is 1.94 bits per heavy atom. The van der Waals surface area contributed by atoms with E-state index in [0.29, 0.717) is 5.56 Å². The maximum atomic E-state index is 13.1. The lowest BCUT2D eigenvalue weighted by atomic mass is 10.0. The standard InChI is InChI=1S/C13H12BrFO/c1-3-4-12(9(2)15)13(16)10-5-7-11(14)8-6-10/h3-8,13,16H,1-2H2/b12-4+. The fraction of sp³-hybridized carbons (Fsp3) is 0.0769. The smallest absolute Gasteiger partial charge is 0.122 e. The first kappa shape index (κ1) is 12.9. The van der Waals surface area contributed by atoms with E-state index in [4.69, 9.17) is 0 Å². The fourth-order valence-corrected chi connectivity index (χ4v) is 1.55. The van der Waals surface area contributed by atoms with Crippen molar-refractivity contribution >= 4 is 15.9 Å². The highest BCUT2D eigenvalue weighted by molar-refractivity contribution is 9.10. The van der Waals surface area contributed by atoms with Crippen LogP contribution in [0.25, 0.3) is 0 Å². The first-order chi connectivity index (χ1) is 7.56. The van der Waals surface area contributed by atoms with E-state index >= 15 is 0 Å². The Hall–Kier alpha value is -1.19. The molecule has 1 unspecified atom stereocenters. The highest BCUT2D eigenvalue weighted by Gasteiger charge is 2.15. The van der Waals surface area contributed by atoms with Crippen molar-refractivity contribution in [3.05, 3.63) is 71.0 Å². The summed E-state index contributed by atoms with van der Waals surface area (Å²) in [6.45, 7) is 6.66. The molecule has 0 radical (unpaired) electrons. The van der Waals surface area contributed by atoms with Crippen molar-refractivity contribution in [2.45, 2.75) is 6.10 Å². The second-order valence-corrected chi connectivity index (χ2v) is 4.13. The van der Waals surface area contributed by atoms with E-state index in [1.54, 1.807) is 24.3 Å². The summed E-state index contributed by atoms with van der Waals surface area (Å²) >= 11 is 3.29. The summed E-state index contributed by atoms with van der Waals surface area (Å²) in [6, 6.07) is 7.00. The topological polar surface area (TPSA) is 20.2 Å². The summed E-state index contributed by atoms with van der Waals surface area (Å²) in [5.41, 5.74) is 0.729. The van der Waals surface area contributed by atoms with Crippen LogP contribution in [-0.4, -0.2) is 5.11 Å². The lowest BCUT2D eigenvalue weighted by Gasteiger charge is -2.13. The predicted molar refractivity (Wildman–Crippen MR) is 67.6 cm³/mol. The van der Waals surface area contributed by atoms with Gasteiger partial charge in [-0.15, -0.1) is 0 Å². The molecule has 1 atom stereocenters. The van der Waals surface area contributed by atoms with Gasteiger partial charge in [0.15, 0.2) is 0 Å². The molecule has 1 aromatic rings. The molecule has 3 heteroatoms. The van der Waals surface area contributed by atoms with E-state index in [1.807, 2.05) is 0 Å². The van der Waals surface area contributed by atoms with E-state index in [9.17, 15) is 9.50 Å². The maximum absolute atomic E-state index is 13.1. The summed E-state index contributed by atoms with van der Waals surface area (Å²) in [6.07, 6.45) is 1.81. The van der Waals surface area contributed by atoms with Gasteiger partial charge in [0.05, 0.1) is 0 Å². The second kappa shape index (κ2) is 5.77. The van der Waals surface area contributed by atoms with Gasteiger partial charge < -0.3 is 5.11 Å². The first-order valence-corrected chi connectivity index (χ1v) is 5.46. The van der Waals surface area contributed by atoms with Crippen LogP contribution in [0.4, 0.5) is 4.39 Å². The van der Waals surface area contributed by atoms with E-state index in [2.05, 4.69) is 29.1 Å². The minimum atomic E-state index is -1.02. The van der Waals surface area contributed by atoms with Crippen molar-refractivity contribution in [2.75, 3.05) is 0 Å². The normalized spacial score (nSPS) is 13.3. The van der Waals surface area contributed by atoms with Gasteiger partial charge in [-0.05, 0) is 17.7 Å². The molecule has 0 bridgehead atoms. The zero-order valence-corrected chi connectivity index (χ0v) is 10.2. The minimum absolute atomic E-state index is 0.123. The summed E-state index contributed by atoms with van der Waals surface area (Å²) in [7, 11) is 0. The lowest BCUT2D eigenvalue weighted by molar-refractivity contribution is 0.214. The van der Waals surface area contributed by atoms with Crippen LogP contribution in [0, 0.1) is 0 Å². The third-order valence-corrected chi connectivity index (χ3v) is 2.62. The van der Waals surface area contributed by atoms with Crippen LogP contribution in [0.1, 0.15) is 11.7 Å². The molecule has 0 aliphatic rings. The summed E-state index contributed by atoms with van der Waals surface area (Å²) in [5, 5.41) is 9.94. The number of hydrogen-bond acceptors (Lipinski definition) is 1. The van der Waals surface area contributed by atoms with Crippen LogP contribution in [-0.2, 0) is 0 Å². The number of rotatable bonds is 4. The van der Waals surface area contributed by atoms with E-state index < -0.39 is 11.9 Å². The molecule has 16 heavy (non-hydrogen) atoms. The Morgan fingerprint density at radius 3 is 2.38 bits per heavy atom. The molecular weight excluding hydrogens is 271 g/mol. The van der Waals surface area contributed by atoms with Crippen LogP contribution in [0.15, 0.2) is 65.4 Å². The van der Waals surface area contributed by atoms with Crippen molar-refractivity contribution < 1.29 is 9.50 Å². The van der Waals surface area contributed by atoms with Crippen molar-refractivity contribution in [1.29, 1.82) is 0 Å². The minimum Gasteiger partial charge on any atom is -0.384 e. The number of aliphatic hydroxyl groups excluding tert-OH is 1. The number of halogens is 2. The lowest BCUT2D eigenvalue weighted by Crippen LogP contribution is -2.01. The molecule has 0 aromatic heterocycles. The molecule has 0 spiro atoms. The summed E-state index contributed by atoms with van der Waals surface area (Å²) in [4.78, 5) is 0. The fourth-order valence-electron chi connectivity index (χ4n) is 1.28. The maximum Gasteiger partial charge on any atom is 0.122 e. The third kappa shape index (κ3) is 3.15. The quantitative estimate of drug-likeness (QED) is 0.825. The first-order valence-electron chi connectivity index (χ1n) is 4.67. The molecule has 1 nitrogen and oxygen atoms in total. The molecule has 1 aromatic carbocycles. The molecule has 0 saturated carbocycles. The van der Waals surface area contributed by atoms with Crippen LogP contribution < -0.4 is 0 Å². The average Bonchev–Trinajstić information content (AvgIpc) is 2.25. The molecule has 0 fully saturated rings. The van der Waals surface area contributed by atoms with Crippen molar-refractivity contribution in [3.8, 4) is 0 Å². The Bertz CT molecular complexity index is 420. The largest absolute Gasteiger partial charge is 0.384 e. The molecule has 0 amide bonds. The third-order valence-electron chi connectivity index (χ3n) is 2.09. The Morgan fingerprint density at radius 1 is 1.38 bits per heavy atom. The zero-order valence-electron chi connectivity index (χ0n) is 8.66. The number of allylic oxidation sites excluding steroid dienone is 2. The average molecular weight is 283 g/mol. The molecule has 0 aliphatic carbocycles. The Kier molecular flexibility index (Phi) is 4.65.